The van der Waals surface area contributed by atoms with E-state index < -0.39 is 0 Å². The second-order valence-corrected chi connectivity index (χ2v) is 5.24. The van der Waals surface area contributed by atoms with Crippen molar-refractivity contribution >= 4 is 21.4 Å². The number of thiophene rings is 1. The highest BCUT2D eigenvalue weighted by molar-refractivity contribution is 7.17. The summed E-state index contributed by atoms with van der Waals surface area (Å²) in [6.45, 7) is 1.20. The number of benzene rings is 1. The molecule has 1 aliphatic rings. The van der Waals surface area contributed by atoms with Crippen LogP contribution < -0.4 is 5.32 Å². The van der Waals surface area contributed by atoms with Gasteiger partial charge in [0.1, 0.15) is 0 Å². The molecule has 1 nitrogen and oxygen atoms in total. The molecular formula is C13H15NS. The Morgan fingerprint density at radius 2 is 2.33 bits per heavy atom. The molecule has 1 aromatic carbocycles. The zero-order valence-electron chi connectivity index (χ0n) is 8.70. The standard InChI is InChI=1S/C13H15NS/c1-2-12(14-6-1)9-10-3-4-13-11(8-10)5-7-15-13/h3-5,7-8,12,14H,1-2,6,9H2. The van der Waals surface area contributed by atoms with Gasteiger partial charge in [0.15, 0.2) is 0 Å². The lowest BCUT2D eigenvalue weighted by Gasteiger charge is -2.09. The summed E-state index contributed by atoms with van der Waals surface area (Å²) in [5.41, 5.74) is 1.47. The van der Waals surface area contributed by atoms with E-state index in [2.05, 4.69) is 35.0 Å². The number of rotatable bonds is 2. The second-order valence-electron chi connectivity index (χ2n) is 4.29. The van der Waals surface area contributed by atoms with Gasteiger partial charge < -0.3 is 5.32 Å². The van der Waals surface area contributed by atoms with Crippen LogP contribution in [-0.2, 0) is 6.42 Å². The van der Waals surface area contributed by atoms with Crippen LogP contribution in [0.2, 0.25) is 0 Å². The molecular weight excluding hydrogens is 202 g/mol. The van der Waals surface area contributed by atoms with Crippen molar-refractivity contribution in [2.45, 2.75) is 25.3 Å². The first-order valence-corrected chi connectivity index (χ1v) is 6.49. The summed E-state index contributed by atoms with van der Waals surface area (Å²) in [5.74, 6) is 0. The zero-order chi connectivity index (χ0) is 10.1. The first-order chi connectivity index (χ1) is 7.42. The van der Waals surface area contributed by atoms with Gasteiger partial charge >= 0.3 is 0 Å². The molecule has 0 spiro atoms. The predicted molar refractivity (Wildman–Crippen MR) is 66.6 cm³/mol. The van der Waals surface area contributed by atoms with Crippen LogP contribution in [0.4, 0.5) is 0 Å². The average Bonchev–Trinajstić information content (AvgIpc) is 2.87. The SMILES string of the molecule is c1cc2cc(CC3CCCN3)ccc2s1. The van der Waals surface area contributed by atoms with E-state index >= 15 is 0 Å². The minimum absolute atomic E-state index is 0.709. The van der Waals surface area contributed by atoms with Crippen LogP contribution in [0, 0.1) is 0 Å². The minimum Gasteiger partial charge on any atom is -0.314 e. The molecule has 3 rings (SSSR count). The van der Waals surface area contributed by atoms with Crippen molar-refractivity contribution in [3.05, 3.63) is 35.2 Å². The summed E-state index contributed by atoms with van der Waals surface area (Å²) in [6.07, 6.45) is 3.86. The van der Waals surface area contributed by atoms with Gasteiger partial charge in [0.25, 0.3) is 0 Å². The van der Waals surface area contributed by atoms with Gasteiger partial charge in [0.05, 0.1) is 0 Å². The van der Waals surface area contributed by atoms with E-state index in [1.807, 2.05) is 11.3 Å². The van der Waals surface area contributed by atoms with Gasteiger partial charge in [0.2, 0.25) is 0 Å². The maximum atomic E-state index is 3.55. The Morgan fingerprint density at radius 3 is 3.20 bits per heavy atom. The maximum Gasteiger partial charge on any atom is 0.0342 e. The van der Waals surface area contributed by atoms with Crippen LogP contribution in [0.25, 0.3) is 10.1 Å². The first kappa shape index (κ1) is 9.37. The number of hydrogen-bond donors (Lipinski definition) is 1. The van der Waals surface area contributed by atoms with E-state index in [0.717, 1.165) is 0 Å². The Balaban J connectivity index is 1.84. The predicted octanol–water partition coefficient (Wildman–Crippen LogP) is 3.20. The number of fused-ring (bicyclic) bond motifs is 1. The molecule has 15 heavy (non-hydrogen) atoms. The van der Waals surface area contributed by atoms with Gasteiger partial charge in [-0.15, -0.1) is 11.3 Å². The van der Waals surface area contributed by atoms with Crippen LogP contribution in [0.5, 0.6) is 0 Å². The largest absolute Gasteiger partial charge is 0.314 e. The monoisotopic (exact) mass is 217 g/mol. The molecule has 0 radical (unpaired) electrons. The fraction of sp³-hybridized carbons (Fsp3) is 0.385. The minimum atomic E-state index is 0.709. The van der Waals surface area contributed by atoms with Crippen LogP contribution >= 0.6 is 11.3 Å². The zero-order valence-corrected chi connectivity index (χ0v) is 9.52. The highest BCUT2D eigenvalue weighted by Gasteiger charge is 2.14. The fourth-order valence-corrected chi connectivity index (χ4v) is 3.13. The van der Waals surface area contributed by atoms with Gasteiger partial charge in [-0.3, -0.25) is 0 Å². The van der Waals surface area contributed by atoms with Crippen molar-refractivity contribution in [3.8, 4) is 0 Å². The molecule has 78 valence electrons. The molecule has 2 aromatic rings. The summed E-state index contributed by atoms with van der Waals surface area (Å²) >= 11 is 1.82. The van der Waals surface area contributed by atoms with Gasteiger partial charge in [-0.2, -0.15) is 0 Å². The lowest BCUT2D eigenvalue weighted by molar-refractivity contribution is 0.603. The summed E-state index contributed by atoms with van der Waals surface area (Å²) in [6, 6.07) is 9.79. The third-order valence-electron chi connectivity index (χ3n) is 3.16. The Kier molecular flexibility index (Phi) is 2.47. The summed E-state index contributed by atoms with van der Waals surface area (Å²) in [7, 11) is 0. The Hall–Kier alpha value is -0.860. The summed E-state index contributed by atoms with van der Waals surface area (Å²) in [4.78, 5) is 0. The first-order valence-electron chi connectivity index (χ1n) is 5.61. The highest BCUT2D eigenvalue weighted by Crippen LogP contribution is 2.23. The maximum absolute atomic E-state index is 3.55. The Morgan fingerprint density at radius 1 is 1.33 bits per heavy atom. The third kappa shape index (κ3) is 1.92. The van der Waals surface area contributed by atoms with E-state index in [1.54, 1.807) is 0 Å². The molecule has 1 aliphatic heterocycles. The molecule has 0 saturated carbocycles. The highest BCUT2D eigenvalue weighted by atomic mass is 32.1. The van der Waals surface area contributed by atoms with Crippen LogP contribution in [0.1, 0.15) is 18.4 Å². The van der Waals surface area contributed by atoms with E-state index in [0.29, 0.717) is 6.04 Å². The van der Waals surface area contributed by atoms with E-state index in [-0.39, 0.29) is 0 Å². The molecule has 2 heterocycles. The van der Waals surface area contributed by atoms with Crippen molar-refractivity contribution in [2.75, 3.05) is 6.54 Å². The second kappa shape index (κ2) is 3.95. The van der Waals surface area contributed by atoms with Crippen LogP contribution in [0.15, 0.2) is 29.6 Å². The number of hydrogen-bond acceptors (Lipinski definition) is 2. The van der Waals surface area contributed by atoms with Crippen molar-refractivity contribution in [1.29, 1.82) is 0 Å². The van der Waals surface area contributed by atoms with E-state index in [1.165, 1.54) is 41.5 Å². The quantitative estimate of drug-likeness (QED) is 0.814. The summed E-state index contributed by atoms with van der Waals surface area (Å²) < 4.78 is 1.40. The topological polar surface area (TPSA) is 12.0 Å². The Bertz CT molecular complexity index is 454. The van der Waals surface area contributed by atoms with Gasteiger partial charge in [-0.05, 0) is 54.3 Å². The fourth-order valence-electron chi connectivity index (χ4n) is 2.36. The average molecular weight is 217 g/mol. The molecule has 0 aliphatic carbocycles. The van der Waals surface area contributed by atoms with Crippen molar-refractivity contribution in [2.24, 2.45) is 0 Å². The van der Waals surface area contributed by atoms with Gasteiger partial charge in [-0.25, -0.2) is 0 Å². The molecule has 0 amide bonds. The molecule has 1 atom stereocenters. The molecule has 1 saturated heterocycles. The summed E-state index contributed by atoms with van der Waals surface area (Å²) in [5, 5.41) is 7.12. The molecule has 1 fully saturated rings. The van der Waals surface area contributed by atoms with Crippen molar-refractivity contribution in [1.82, 2.24) is 5.32 Å². The lowest BCUT2D eigenvalue weighted by atomic mass is 10.0. The smallest absolute Gasteiger partial charge is 0.0342 e. The molecule has 1 unspecified atom stereocenters. The van der Waals surface area contributed by atoms with Crippen LogP contribution in [0.3, 0.4) is 0 Å². The normalized spacial score (nSPS) is 21.2. The molecule has 2 heteroatoms. The van der Waals surface area contributed by atoms with Crippen molar-refractivity contribution in [3.63, 3.8) is 0 Å². The van der Waals surface area contributed by atoms with E-state index in [9.17, 15) is 0 Å². The Labute approximate surface area is 94.1 Å². The van der Waals surface area contributed by atoms with Crippen LogP contribution in [-0.4, -0.2) is 12.6 Å². The van der Waals surface area contributed by atoms with Gasteiger partial charge in [0, 0.05) is 10.7 Å². The number of nitrogens with one attached hydrogen (secondary N) is 1. The van der Waals surface area contributed by atoms with E-state index in [4.69, 9.17) is 0 Å². The van der Waals surface area contributed by atoms with Crippen molar-refractivity contribution < 1.29 is 0 Å². The molecule has 1 aromatic heterocycles. The molecule has 0 bridgehead atoms. The van der Waals surface area contributed by atoms with Gasteiger partial charge in [-0.1, -0.05) is 12.1 Å². The lowest BCUT2D eigenvalue weighted by Crippen LogP contribution is -2.23. The molecule has 1 N–H and O–H groups in total. The third-order valence-corrected chi connectivity index (χ3v) is 4.06.